The molecule has 1 spiro atoms. The fourth-order valence-electron chi connectivity index (χ4n) is 2.49. The van der Waals surface area contributed by atoms with Gasteiger partial charge in [-0.3, -0.25) is 0 Å². The zero-order valence-electron chi connectivity index (χ0n) is 8.05. The molecule has 0 amide bonds. The Balaban J connectivity index is 1.92. The van der Waals surface area contributed by atoms with E-state index in [0.29, 0.717) is 5.54 Å². The van der Waals surface area contributed by atoms with Gasteiger partial charge in [-0.1, -0.05) is 6.42 Å². The number of nitriles is 1. The van der Waals surface area contributed by atoms with E-state index in [-0.39, 0.29) is 0 Å². The van der Waals surface area contributed by atoms with E-state index >= 15 is 0 Å². The van der Waals surface area contributed by atoms with E-state index in [1.54, 1.807) is 0 Å². The van der Waals surface area contributed by atoms with Crippen molar-refractivity contribution in [2.45, 2.75) is 37.6 Å². The molecule has 2 rings (SSSR count). The highest BCUT2D eigenvalue weighted by Crippen LogP contribution is 2.29. The molecule has 0 radical (unpaired) electrons. The Morgan fingerprint density at radius 1 is 1.15 bits per heavy atom. The van der Waals surface area contributed by atoms with Crippen molar-refractivity contribution in [3.63, 3.8) is 0 Å². The van der Waals surface area contributed by atoms with Crippen molar-refractivity contribution in [1.82, 2.24) is 10.2 Å². The minimum Gasteiger partial charge on any atom is -0.311 e. The van der Waals surface area contributed by atoms with Gasteiger partial charge in [-0.05, 0) is 32.2 Å². The molecule has 2 fully saturated rings. The third-order valence-electron chi connectivity index (χ3n) is 3.44. The third-order valence-corrected chi connectivity index (χ3v) is 3.44. The van der Waals surface area contributed by atoms with E-state index in [1.807, 2.05) is 4.90 Å². The van der Waals surface area contributed by atoms with Gasteiger partial charge < -0.3 is 10.2 Å². The Labute approximate surface area is 79.7 Å². The van der Waals surface area contributed by atoms with E-state index < -0.39 is 0 Å². The monoisotopic (exact) mass is 179 g/mol. The van der Waals surface area contributed by atoms with Crippen LogP contribution in [0.5, 0.6) is 0 Å². The van der Waals surface area contributed by atoms with Crippen molar-refractivity contribution in [3.05, 3.63) is 0 Å². The summed E-state index contributed by atoms with van der Waals surface area (Å²) in [4.78, 5) is 1.88. The largest absolute Gasteiger partial charge is 0.311 e. The number of likely N-dealkylation sites (tertiary alicyclic amines) is 1. The Morgan fingerprint density at radius 2 is 1.92 bits per heavy atom. The number of hydrogen-bond donors (Lipinski definition) is 1. The molecule has 3 heteroatoms. The molecule has 0 aromatic carbocycles. The van der Waals surface area contributed by atoms with Crippen LogP contribution in [0.4, 0.5) is 0 Å². The van der Waals surface area contributed by atoms with Crippen molar-refractivity contribution in [3.8, 4) is 6.19 Å². The average Bonchev–Trinajstić information content (AvgIpc) is 2.20. The zero-order valence-corrected chi connectivity index (χ0v) is 8.05. The topological polar surface area (TPSA) is 39.1 Å². The van der Waals surface area contributed by atoms with Crippen LogP contribution in [0.1, 0.15) is 32.1 Å². The van der Waals surface area contributed by atoms with Crippen molar-refractivity contribution in [1.29, 1.82) is 5.26 Å². The third kappa shape index (κ3) is 1.78. The summed E-state index contributed by atoms with van der Waals surface area (Å²) in [6, 6.07) is 0. The maximum absolute atomic E-state index is 8.73. The van der Waals surface area contributed by atoms with E-state index in [9.17, 15) is 0 Å². The van der Waals surface area contributed by atoms with Gasteiger partial charge in [0.15, 0.2) is 6.19 Å². The van der Waals surface area contributed by atoms with E-state index in [2.05, 4.69) is 11.5 Å². The van der Waals surface area contributed by atoms with Crippen LogP contribution in [-0.2, 0) is 0 Å². The van der Waals surface area contributed by atoms with Gasteiger partial charge in [0.25, 0.3) is 0 Å². The molecular formula is C10H17N3. The molecule has 3 nitrogen and oxygen atoms in total. The molecule has 2 heterocycles. The van der Waals surface area contributed by atoms with Crippen molar-refractivity contribution >= 4 is 0 Å². The first-order valence-corrected chi connectivity index (χ1v) is 5.24. The van der Waals surface area contributed by atoms with Crippen LogP contribution in [0, 0.1) is 11.5 Å². The molecule has 0 aliphatic carbocycles. The molecule has 72 valence electrons. The molecule has 0 bridgehead atoms. The second kappa shape index (κ2) is 3.55. The maximum Gasteiger partial charge on any atom is 0.179 e. The molecule has 0 atom stereocenters. The molecule has 2 aliphatic rings. The Bertz CT molecular complexity index is 203. The lowest BCUT2D eigenvalue weighted by Gasteiger charge is -2.43. The van der Waals surface area contributed by atoms with Crippen LogP contribution in [0.15, 0.2) is 0 Å². The van der Waals surface area contributed by atoms with Gasteiger partial charge in [-0.2, -0.15) is 5.26 Å². The highest BCUT2D eigenvalue weighted by Gasteiger charge is 2.34. The molecule has 1 N–H and O–H groups in total. The first-order chi connectivity index (χ1) is 6.35. The molecule has 0 aromatic heterocycles. The molecule has 0 saturated carbocycles. The summed E-state index contributed by atoms with van der Waals surface area (Å²) < 4.78 is 0. The molecule has 0 unspecified atom stereocenters. The highest BCUT2D eigenvalue weighted by atomic mass is 15.1. The van der Waals surface area contributed by atoms with Crippen LogP contribution >= 0.6 is 0 Å². The van der Waals surface area contributed by atoms with Crippen LogP contribution in [0.3, 0.4) is 0 Å². The lowest BCUT2D eigenvalue weighted by molar-refractivity contribution is 0.145. The van der Waals surface area contributed by atoms with Gasteiger partial charge >= 0.3 is 0 Å². The van der Waals surface area contributed by atoms with Gasteiger partial charge in [0, 0.05) is 18.6 Å². The molecule has 13 heavy (non-hydrogen) atoms. The predicted octanol–water partition coefficient (Wildman–Crippen LogP) is 1.08. The normalized spacial score (nSPS) is 27.2. The Morgan fingerprint density at radius 3 is 2.46 bits per heavy atom. The summed E-state index contributed by atoms with van der Waals surface area (Å²) in [6.07, 6.45) is 8.53. The van der Waals surface area contributed by atoms with E-state index in [0.717, 1.165) is 25.9 Å². The fourth-order valence-corrected chi connectivity index (χ4v) is 2.49. The van der Waals surface area contributed by atoms with Crippen molar-refractivity contribution in [2.24, 2.45) is 0 Å². The summed E-state index contributed by atoms with van der Waals surface area (Å²) >= 11 is 0. The molecule has 2 saturated heterocycles. The number of hydrogen-bond acceptors (Lipinski definition) is 3. The average molecular weight is 179 g/mol. The van der Waals surface area contributed by atoms with Crippen LogP contribution in [0.25, 0.3) is 0 Å². The molecule has 0 aromatic rings. The van der Waals surface area contributed by atoms with Gasteiger partial charge in [0.05, 0.1) is 0 Å². The first kappa shape index (κ1) is 8.83. The number of nitrogens with one attached hydrogen (secondary N) is 1. The number of rotatable bonds is 0. The molecular weight excluding hydrogens is 162 g/mol. The number of piperidine rings is 2. The standard InChI is InChI=1S/C10H17N3/c11-9-13-7-4-10(5-8-13)3-1-2-6-12-10/h12H,1-8H2. The predicted molar refractivity (Wildman–Crippen MR) is 51.0 cm³/mol. The first-order valence-electron chi connectivity index (χ1n) is 5.24. The minimum atomic E-state index is 0.394. The van der Waals surface area contributed by atoms with Gasteiger partial charge in [-0.15, -0.1) is 0 Å². The Kier molecular flexibility index (Phi) is 2.41. The van der Waals surface area contributed by atoms with E-state index in [4.69, 9.17) is 5.26 Å². The second-order valence-corrected chi connectivity index (χ2v) is 4.25. The van der Waals surface area contributed by atoms with Crippen LogP contribution < -0.4 is 5.32 Å². The Hall–Kier alpha value is -0.750. The van der Waals surface area contributed by atoms with Gasteiger partial charge in [-0.25, -0.2) is 0 Å². The smallest absolute Gasteiger partial charge is 0.179 e. The summed E-state index contributed by atoms with van der Waals surface area (Å²) in [6.45, 7) is 3.07. The van der Waals surface area contributed by atoms with Crippen LogP contribution in [-0.4, -0.2) is 30.1 Å². The van der Waals surface area contributed by atoms with Gasteiger partial charge in [0.1, 0.15) is 0 Å². The van der Waals surface area contributed by atoms with Crippen molar-refractivity contribution < 1.29 is 0 Å². The highest BCUT2D eigenvalue weighted by molar-refractivity contribution is 4.97. The summed E-state index contributed by atoms with van der Waals surface area (Å²) in [5.41, 5.74) is 0.394. The van der Waals surface area contributed by atoms with Crippen LogP contribution in [0.2, 0.25) is 0 Å². The zero-order chi connectivity index (χ0) is 9.15. The minimum absolute atomic E-state index is 0.394. The lowest BCUT2D eigenvalue weighted by Crippen LogP contribution is -2.54. The molecule has 2 aliphatic heterocycles. The van der Waals surface area contributed by atoms with E-state index in [1.165, 1.54) is 25.8 Å². The van der Waals surface area contributed by atoms with Crippen molar-refractivity contribution in [2.75, 3.05) is 19.6 Å². The summed E-state index contributed by atoms with van der Waals surface area (Å²) in [5, 5.41) is 12.4. The van der Waals surface area contributed by atoms with Gasteiger partial charge in [0.2, 0.25) is 0 Å². The lowest BCUT2D eigenvalue weighted by atomic mass is 9.81. The SMILES string of the molecule is N#CN1CCC2(CCCCN2)CC1. The number of nitrogens with zero attached hydrogens (tertiary/aromatic N) is 2. The summed E-state index contributed by atoms with van der Waals surface area (Å²) in [5.74, 6) is 0. The second-order valence-electron chi connectivity index (χ2n) is 4.25. The fraction of sp³-hybridized carbons (Fsp3) is 0.900. The maximum atomic E-state index is 8.73. The quantitative estimate of drug-likeness (QED) is 0.565. The summed E-state index contributed by atoms with van der Waals surface area (Å²) in [7, 11) is 0.